The molecule has 2 amide bonds. The highest BCUT2D eigenvalue weighted by Gasteiger charge is 2.31. The van der Waals surface area contributed by atoms with Gasteiger partial charge in [0.15, 0.2) is 0 Å². The van der Waals surface area contributed by atoms with Gasteiger partial charge in [-0.15, -0.1) is 0 Å². The van der Waals surface area contributed by atoms with Crippen molar-refractivity contribution in [1.82, 2.24) is 10.2 Å². The Morgan fingerprint density at radius 2 is 2.09 bits per heavy atom. The van der Waals surface area contributed by atoms with Crippen molar-refractivity contribution in [1.29, 1.82) is 0 Å². The second-order valence-electron chi connectivity index (χ2n) is 7.28. The lowest BCUT2D eigenvalue weighted by atomic mass is 9.81. The van der Waals surface area contributed by atoms with Gasteiger partial charge in [-0.25, -0.2) is 4.79 Å². The summed E-state index contributed by atoms with van der Waals surface area (Å²) in [5.74, 6) is 0.668. The van der Waals surface area contributed by atoms with Gasteiger partial charge < -0.3 is 15.3 Å². The first kappa shape index (κ1) is 16.3. The average molecular weight is 316 g/mol. The zero-order valence-corrected chi connectivity index (χ0v) is 14.2. The Bertz CT molecular complexity index is 560. The van der Waals surface area contributed by atoms with E-state index in [1.54, 1.807) is 4.90 Å². The molecule has 2 aliphatic carbocycles. The number of hydrogen-bond acceptors (Lipinski definition) is 2. The molecule has 1 fully saturated rings. The van der Waals surface area contributed by atoms with Crippen molar-refractivity contribution < 1.29 is 9.90 Å². The van der Waals surface area contributed by atoms with Crippen LogP contribution >= 0.6 is 0 Å². The van der Waals surface area contributed by atoms with Gasteiger partial charge in [-0.3, -0.25) is 0 Å². The Morgan fingerprint density at radius 3 is 2.83 bits per heavy atom. The zero-order valence-electron chi connectivity index (χ0n) is 14.2. The van der Waals surface area contributed by atoms with E-state index in [1.165, 1.54) is 11.1 Å². The van der Waals surface area contributed by atoms with Crippen molar-refractivity contribution in [3.8, 4) is 0 Å². The molecule has 2 aliphatic rings. The first-order valence-electron chi connectivity index (χ1n) is 8.83. The van der Waals surface area contributed by atoms with Crippen molar-refractivity contribution in [3.63, 3.8) is 0 Å². The number of carbonyl (C=O) groups is 1. The molecule has 1 saturated carbocycles. The second kappa shape index (κ2) is 6.91. The minimum atomic E-state index is -0.250. The fourth-order valence-electron chi connectivity index (χ4n) is 4.05. The molecule has 4 unspecified atom stereocenters. The van der Waals surface area contributed by atoms with E-state index in [9.17, 15) is 9.90 Å². The zero-order chi connectivity index (χ0) is 16.4. The molecule has 3 rings (SSSR count). The summed E-state index contributed by atoms with van der Waals surface area (Å²) in [5.41, 5.74) is 2.61. The van der Waals surface area contributed by atoms with Gasteiger partial charge in [0.2, 0.25) is 0 Å². The summed E-state index contributed by atoms with van der Waals surface area (Å²) in [6, 6.07) is 8.48. The number of aryl methyl sites for hydroxylation is 1. The molecule has 1 aromatic rings. The van der Waals surface area contributed by atoms with E-state index in [1.807, 2.05) is 7.05 Å². The molecule has 4 nitrogen and oxygen atoms in total. The third-order valence-electron chi connectivity index (χ3n) is 5.58. The molecule has 4 atom stereocenters. The van der Waals surface area contributed by atoms with Crippen LogP contribution in [0.5, 0.6) is 0 Å². The van der Waals surface area contributed by atoms with E-state index in [0.29, 0.717) is 12.5 Å². The van der Waals surface area contributed by atoms with Crippen molar-refractivity contribution in [2.24, 2.45) is 11.8 Å². The number of carbonyl (C=O) groups excluding carboxylic acids is 1. The van der Waals surface area contributed by atoms with Crippen LogP contribution in [0, 0.1) is 11.8 Å². The number of rotatable bonds is 3. The smallest absolute Gasteiger partial charge is 0.317 e. The summed E-state index contributed by atoms with van der Waals surface area (Å²) < 4.78 is 0. The average Bonchev–Trinajstić information content (AvgIpc) is 2.95. The molecule has 0 aliphatic heterocycles. The van der Waals surface area contributed by atoms with Gasteiger partial charge in [0, 0.05) is 19.5 Å². The quantitative estimate of drug-likeness (QED) is 0.900. The number of fused-ring (bicyclic) bond motifs is 1. The standard InChI is InChI=1S/C19H28N2O2/c1-13-10-11-14-6-3-4-8-16(14)18(13)20-19(23)21(2)12-15-7-5-9-17(15)22/h3-4,6,8,13,15,17-18,22H,5,7,9-12H2,1-2H3,(H,20,23). The van der Waals surface area contributed by atoms with Gasteiger partial charge in [0.25, 0.3) is 0 Å². The Morgan fingerprint density at radius 1 is 1.30 bits per heavy atom. The van der Waals surface area contributed by atoms with Crippen LogP contribution < -0.4 is 5.32 Å². The fourth-order valence-corrected chi connectivity index (χ4v) is 4.05. The van der Waals surface area contributed by atoms with E-state index in [4.69, 9.17) is 0 Å². The maximum Gasteiger partial charge on any atom is 0.317 e. The minimum absolute atomic E-state index is 0.0300. The van der Waals surface area contributed by atoms with Crippen LogP contribution in [0.3, 0.4) is 0 Å². The number of nitrogens with one attached hydrogen (secondary N) is 1. The SMILES string of the molecule is CC1CCc2ccccc2C1NC(=O)N(C)CC1CCCC1O. The fraction of sp³-hybridized carbons (Fsp3) is 0.632. The lowest BCUT2D eigenvalue weighted by Gasteiger charge is -2.34. The molecule has 0 bridgehead atoms. The van der Waals surface area contributed by atoms with Gasteiger partial charge in [-0.2, -0.15) is 0 Å². The van der Waals surface area contributed by atoms with Crippen LogP contribution in [-0.4, -0.2) is 35.7 Å². The molecular formula is C19H28N2O2. The first-order chi connectivity index (χ1) is 11.1. The van der Waals surface area contributed by atoms with Crippen LogP contribution in [0.4, 0.5) is 4.79 Å². The van der Waals surface area contributed by atoms with Gasteiger partial charge in [0.05, 0.1) is 12.1 Å². The van der Waals surface area contributed by atoms with E-state index >= 15 is 0 Å². The lowest BCUT2D eigenvalue weighted by molar-refractivity contribution is 0.112. The van der Waals surface area contributed by atoms with Crippen molar-refractivity contribution in [2.75, 3.05) is 13.6 Å². The van der Waals surface area contributed by atoms with Crippen LogP contribution in [0.2, 0.25) is 0 Å². The maximum atomic E-state index is 12.6. The van der Waals surface area contributed by atoms with Crippen molar-refractivity contribution in [3.05, 3.63) is 35.4 Å². The van der Waals surface area contributed by atoms with E-state index in [0.717, 1.165) is 32.1 Å². The van der Waals surface area contributed by atoms with Gasteiger partial charge in [0.1, 0.15) is 0 Å². The number of nitrogens with zero attached hydrogens (tertiary/aromatic N) is 1. The number of hydrogen-bond donors (Lipinski definition) is 2. The van der Waals surface area contributed by atoms with Crippen LogP contribution in [0.1, 0.15) is 49.8 Å². The molecule has 0 radical (unpaired) electrons. The Kier molecular flexibility index (Phi) is 4.90. The lowest BCUT2D eigenvalue weighted by Crippen LogP contribution is -2.44. The largest absolute Gasteiger partial charge is 0.393 e. The summed E-state index contributed by atoms with van der Waals surface area (Å²) in [4.78, 5) is 14.3. The van der Waals surface area contributed by atoms with Gasteiger partial charge >= 0.3 is 6.03 Å². The monoisotopic (exact) mass is 316 g/mol. The molecule has 0 heterocycles. The van der Waals surface area contributed by atoms with Gasteiger partial charge in [-0.05, 0) is 42.7 Å². The Labute approximate surface area is 138 Å². The number of amides is 2. The molecule has 2 N–H and O–H groups in total. The Balaban J connectivity index is 1.65. The van der Waals surface area contributed by atoms with Crippen LogP contribution in [-0.2, 0) is 6.42 Å². The summed E-state index contributed by atoms with van der Waals surface area (Å²) in [6.45, 7) is 2.84. The van der Waals surface area contributed by atoms with Crippen molar-refractivity contribution in [2.45, 2.75) is 51.2 Å². The van der Waals surface area contributed by atoms with E-state index < -0.39 is 0 Å². The molecule has 23 heavy (non-hydrogen) atoms. The molecule has 126 valence electrons. The summed E-state index contributed by atoms with van der Waals surface area (Å²) in [7, 11) is 1.83. The first-order valence-corrected chi connectivity index (χ1v) is 8.83. The third-order valence-corrected chi connectivity index (χ3v) is 5.58. The summed E-state index contributed by atoms with van der Waals surface area (Å²) >= 11 is 0. The van der Waals surface area contributed by atoms with Crippen molar-refractivity contribution >= 4 is 6.03 Å². The topological polar surface area (TPSA) is 52.6 Å². The van der Waals surface area contributed by atoms with E-state index in [-0.39, 0.29) is 24.1 Å². The Hall–Kier alpha value is -1.55. The highest BCUT2D eigenvalue weighted by Crippen LogP contribution is 2.34. The summed E-state index contributed by atoms with van der Waals surface area (Å²) in [5, 5.41) is 13.2. The number of aliphatic hydroxyl groups excluding tert-OH is 1. The molecule has 0 spiro atoms. The highest BCUT2D eigenvalue weighted by molar-refractivity contribution is 5.74. The second-order valence-corrected chi connectivity index (χ2v) is 7.28. The van der Waals surface area contributed by atoms with Crippen LogP contribution in [0.15, 0.2) is 24.3 Å². The molecule has 0 saturated heterocycles. The number of benzene rings is 1. The van der Waals surface area contributed by atoms with Crippen LogP contribution in [0.25, 0.3) is 0 Å². The number of urea groups is 1. The normalized spacial score (nSPS) is 29.9. The molecule has 0 aromatic heterocycles. The third kappa shape index (κ3) is 3.52. The molecule has 1 aromatic carbocycles. The maximum absolute atomic E-state index is 12.6. The molecule has 4 heteroatoms. The predicted molar refractivity (Wildman–Crippen MR) is 91.2 cm³/mol. The highest BCUT2D eigenvalue weighted by atomic mass is 16.3. The molecular weight excluding hydrogens is 288 g/mol. The predicted octanol–water partition coefficient (Wildman–Crippen LogP) is 3.11. The van der Waals surface area contributed by atoms with Gasteiger partial charge in [-0.1, -0.05) is 37.6 Å². The number of aliphatic hydroxyl groups is 1. The minimum Gasteiger partial charge on any atom is -0.393 e. The van der Waals surface area contributed by atoms with E-state index in [2.05, 4.69) is 36.5 Å². The summed E-state index contributed by atoms with van der Waals surface area (Å²) in [6.07, 6.45) is 4.89.